The molecule has 7 nitrogen and oxygen atoms in total. The molecule has 0 radical (unpaired) electrons. The third-order valence-electron chi connectivity index (χ3n) is 5.23. The van der Waals surface area contributed by atoms with Crippen LogP contribution in [0.2, 0.25) is 0 Å². The molecule has 2 heterocycles. The molecular weight excluding hydrogens is 322 g/mol. The maximum atomic E-state index is 12.9. The molecule has 2 N–H and O–H groups in total. The zero-order valence-electron chi connectivity index (χ0n) is 15.4. The van der Waals surface area contributed by atoms with Gasteiger partial charge in [-0.3, -0.25) is 9.48 Å². The summed E-state index contributed by atoms with van der Waals surface area (Å²) in [6.45, 7) is 5.25. The fourth-order valence-corrected chi connectivity index (χ4v) is 3.93. The van der Waals surface area contributed by atoms with Gasteiger partial charge in [0.15, 0.2) is 0 Å². The second-order valence-electron chi connectivity index (χ2n) is 7.34. The van der Waals surface area contributed by atoms with Crippen molar-refractivity contribution in [3.63, 3.8) is 0 Å². The zero-order valence-corrected chi connectivity index (χ0v) is 15.4. The molecule has 7 heteroatoms. The average molecular weight is 351 g/mol. The first-order valence-electron chi connectivity index (χ1n) is 9.18. The van der Waals surface area contributed by atoms with E-state index < -0.39 is 5.60 Å². The fourth-order valence-electron chi connectivity index (χ4n) is 3.93. The lowest BCUT2D eigenvalue weighted by Gasteiger charge is -2.25. The van der Waals surface area contributed by atoms with Crippen molar-refractivity contribution in [2.75, 3.05) is 20.3 Å². The van der Waals surface area contributed by atoms with E-state index in [9.17, 15) is 9.90 Å². The van der Waals surface area contributed by atoms with E-state index in [1.165, 1.54) is 0 Å². The Morgan fingerprint density at radius 2 is 2.16 bits per heavy atom. The molecule has 0 saturated heterocycles. The first-order chi connectivity index (χ1) is 11.9. The van der Waals surface area contributed by atoms with E-state index in [0.29, 0.717) is 25.3 Å². The number of rotatable bonds is 6. The summed E-state index contributed by atoms with van der Waals surface area (Å²) < 4.78 is 12.7. The summed E-state index contributed by atoms with van der Waals surface area (Å²) >= 11 is 0. The number of ether oxygens (including phenoxy) is 2. The molecule has 140 valence electrons. The third-order valence-corrected chi connectivity index (χ3v) is 5.23. The number of hydrogen-bond donors (Lipinski definition) is 2. The molecule has 0 aromatic carbocycles. The van der Waals surface area contributed by atoms with Gasteiger partial charge in [0.1, 0.15) is 5.69 Å². The molecule has 1 aromatic heterocycles. The molecule has 2 aliphatic rings. The van der Waals surface area contributed by atoms with Crippen molar-refractivity contribution in [3.05, 3.63) is 17.0 Å². The summed E-state index contributed by atoms with van der Waals surface area (Å²) in [5.74, 6) is -0.175. The summed E-state index contributed by atoms with van der Waals surface area (Å²) in [6.07, 6.45) is 4.10. The Morgan fingerprint density at radius 3 is 2.84 bits per heavy atom. The molecule has 0 bridgehead atoms. The Hall–Kier alpha value is -1.44. The van der Waals surface area contributed by atoms with E-state index in [-0.39, 0.29) is 24.7 Å². The van der Waals surface area contributed by atoms with E-state index >= 15 is 0 Å². The van der Waals surface area contributed by atoms with Crippen LogP contribution in [0.15, 0.2) is 0 Å². The quantitative estimate of drug-likeness (QED) is 0.813. The largest absolute Gasteiger partial charge is 0.388 e. The highest BCUT2D eigenvalue weighted by Crippen LogP contribution is 2.32. The lowest BCUT2D eigenvalue weighted by Crippen LogP contribution is -2.41. The summed E-state index contributed by atoms with van der Waals surface area (Å²) in [5.41, 5.74) is 1.60. The van der Waals surface area contributed by atoms with Crippen LogP contribution < -0.4 is 5.32 Å². The van der Waals surface area contributed by atoms with Crippen molar-refractivity contribution in [1.29, 1.82) is 0 Å². The summed E-state index contributed by atoms with van der Waals surface area (Å²) in [4.78, 5) is 12.9. The van der Waals surface area contributed by atoms with Crippen LogP contribution in [0.1, 0.15) is 67.4 Å². The lowest BCUT2D eigenvalue weighted by atomic mass is 9.99. The van der Waals surface area contributed by atoms with Crippen molar-refractivity contribution in [2.45, 2.75) is 70.3 Å². The predicted octanol–water partition coefficient (Wildman–Crippen LogP) is 1.59. The van der Waals surface area contributed by atoms with Crippen LogP contribution in [0.5, 0.6) is 0 Å². The summed E-state index contributed by atoms with van der Waals surface area (Å²) in [6, 6.07) is 0. The fraction of sp³-hybridized carbons (Fsp3) is 0.778. The minimum atomic E-state index is -0.767. The van der Waals surface area contributed by atoms with Crippen molar-refractivity contribution >= 4 is 5.91 Å². The molecule has 1 amide bonds. The first-order valence-corrected chi connectivity index (χ1v) is 9.18. The van der Waals surface area contributed by atoms with Crippen molar-refractivity contribution in [2.24, 2.45) is 0 Å². The second-order valence-corrected chi connectivity index (χ2v) is 7.34. The Bertz CT molecular complexity index is 622. The number of carbonyl (C=O) groups is 1. The first kappa shape index (κ1) is 18.4. The highest BCUT2D eigenvalue weighted by molar-refractivity contribution is 5.94. The Kier molecular flexibility index (Phi) is 5.46. The van der Waals surface area contributed by atoms with Crippen LogP contribution in [-0.4, -0.2) is 52.8 Å². The van der Waals surface area contributed by atoms with Crippen LogP contribution >= 0.6 is 0 Å². The maximum absolute atomic E-state index is 12.9. The number of methoxy groups -OCH3 is 1. The van der Waals surface area contributed by atoms with Gasteiger partial charge in [-0.15, -0.1) is 0 Å². The van der Waals surface area contributed by atoms with Gasteiger partial charge in [-0.05, 0) is 26.7 Å². The predicted molar refractivity (Wildman–Crippen MR) is 92.5 cm³/mol. The smallest absolute Gasteiger partial charge is 0.269 e. The van der Waals surface area contributed by atoms with E-state index in [0.717, 1.165) is 36.9 Å². The number of nitrogens with one attached hydrogen (secondary N) is 1. The Balaban J connectivity index is 1.83. The molecule has 0 unspecified atom stereocenters. The van der Waals surface area contributed by atoms with E-state index in [2.05, 4.69) is 10.4 Å². The molecular formula is C18H29N3O4. The van der Waals surface area contributed by atoms with E-state index in [1.807, 2.05) is 13.8 Å². The minimum Gasteiger partial charge on any atom is -0.388 e. The number of aliphatic hydroxyl groups is 1. The Morgan fingerprint density at radius 1 is 1.44 bits per heavy atom. The van der Waals surface area contributed by atoms with Crippen molar-refractivity contribution in [3.8, 4) is 0 Å². The highest BCUT2D eigenvalue weighted by atomic mass is 16.5. The average Bonchev–Trinajstić information content (AvgIpc) is 3.15. The van der Waals surface area contributed by atoms with Crippen molar-refractivity contribution in [1.82, 2.24) is 15.1 Å². The van der Waals surface area contributed by atoms with E-state index in [1.54, 1.807) is 11.8 Å². The zero-order chi connectivity index (χ0) is 18.0. The van der Waals surface area contributed by atoms with Crippen LogP contribution in [0.25, 0.3) is 0 Å². The standard InChI is InChI=1S/C18H29N3O4/c1-12-10-14-15(13(2)25-12)20-21(8-9-24-3)16(14)17(22)19-11-18(23)6-4-5-7-18/h12-13,23H,4-11H2,1-3H3,(H,19,22)/t12-,13+/m0/s1. The van der Waals surface area contributed by atoms with Crippen LogP contribution in [0.3, 0.4) is 0 Å². The van der Waals surface area contributed by atoms with Crippen molar-refractivity contribution < 1.29 is 19.4 Å². The normalized spacial score (nSPS) is 25.0. The number of hydrogen-bond acceptors (Lipinski definition) is 5. The second kappa shape index (κ2) is 7.43. The molecule has 1 fully saturated rings. The number of nitrogens with zero attached hydrogens (tertiary/aromatic N) is 2. The number of carbonyl (C=O) groups excluding carboxylic acids is 1. The van der Waals surface area contributed by atoms with Gasteiger partial charge in [0.05, 0.1) is 36.7 Å². The topological polar surface area (TPSA) is 85.6 Å². The Labute approximate surface area is 148 Å². The lowest BCUT2D eigenvalue weighted by molar-refractivity contribution is -0.00719. The van der Waals surface area contributed by atoms with Gasteiger partial charge in [0.2, 0.25) is 0 Å². The number of aromatic nitrogens is 2. The molecule has 1 aliphatic carbocycles. The SMILES string of the molecule is COCCn1nc2c(c1C(=O)NCC1(O)CCCC1)C[C@H](C)O[C@@H]2C. The molecule has 3 rings (SSSR count). The van der Waals surface area contributed by atoms with Crippen LogP contribution in [0.4, 0.5) is 0 Å². The van der Waals surface area contributed by atoms with E-state index in [4.69, 9.17) is 9.47 Å². The summed E-state index contributed by atoms with van der Waals surface area (Å²) in [5, 5.41) is 18.0. The molecule has 0 spiro atoms. The van der Waals surface area contributed by atoms with Gasteiger partial charge >= 0.3 is 0 Å². The maximum Gasteiger partial charge on any atom is 0.269 e. The van der Waals surface area contributed by atoms with Gasteiger partial charge in [-0.1, -0.05) is 12.8 Å². The molecule has 1 saturated carbocycles. The van der Waals surface area contributed by atoms with Gasteiger partial charge in [0.25, 0.3) is 5.91 Å². The molecule has 1 aliphatic heterocycles. The highest BCUT2D eigenvalue weighted by Gasteiger charge is 2.34. The van der Waals surface area contributed by atoms with Gasteiger partial charge in [0, 0.05) is 25.6 Å². The molecule has 1 aromatic rings. The van der Waals surface area contributed by atoms with Crippen LogP contribution in [0, 0.1) is 0 Å². The third kappa shape index (κ3) is 3.88. The molecule has 2 atom stereocenters. The number of amides is 1. The van der Waals surface area contributed by atoms with Gasteiger partial charge in [-0.25, -0.2) is 0 Å². The van der Waals surface area contributed by atoms with Gasteiger partial charge < -0.3 is 19.9 Å². The molecule has 25 heavy (non-hydrogen) atoms. The minimum absolute atomic E-state index is 0.0492. The number of fused-ring (bicyclic) bond motifs is 1. The van der Waals surface area contributed by atoms with Gasteiger partial charge in [-0.2, -0.15) is 5.10 Å². The van der Waals surface area contributed by atoms with Crippen LogP contribution in [-0.2, 0) is 22.4 Å². The monoisotopic (exact) mass is 351 g/mol. The summed E-state index contributed by atoms with van der Waals surface area (Å²) in [7, 11) is 1.63.